The van der Waals surface area contributed by atoms with Crippen molar-refractivity contribution in [2.45, 2.75) is 50.0 Å². The summed E-state index contributed by atoms with van der Waals surface area (Å²) in [6, 6.07) is 12.7. The Morgan fingerprint density at radius 1 is 1.03 bits per heavy atom. The van der Waals surface area contributed by atoms with Gasteiger partial charge in [0.1, 0.15) is 41.2 Å². The Labute approximate surface area is 203 Å². The van der Waals surface area contributed by atoms with E-state index in [0.717, 1.165) is 0 Å². The Hall–Kier alpha value is -3.77. The zero-order valence-corrected chi connectivity index (χ0v) is 19.0. The highest BCUT2D eigenvalue weighted by Crippen LogP contribution is 2.37. The van der Waals surface area contributed by atoms with E-state index in [1.165, 1.54) is 25.1 Å². The number of rotatable bonds is 7. The number of hydrogen-bond donors (Lipinski definition) is 5. The van der Waals surface area contributed by atoms with Crippen molar-refractivity contribution in [2.75, 3.05) is 0 Å². The molecule has 4 rings (SSSR count). The fourth-order valence-electron chi connectivity index (χ4n) is 4.20. The number of benzene rings is 2. The minimum Gasteiger partial charge on any atom is -0.507 e. The first-order valence-electron chi connectivity index (χ1n) is 11.0. The third-order valence-corrected chi connectivity index (χ3v) is 5.99. The monoisotopic (exact) mass is 500 g/mol. The number of aromatic hydroxyl groups is 1. The molecule has 1 saturated heterocycles. The van der Waals surface area contributed by atoms with Gasteiger partial charge < -0.3 is 39.4 Å². The van der Waals surface area contributed by atoms with Crippen LogP contribution in [0.5, 0.6) is 11.5 Å². The highest BCUT2D eigenvalue weighted by atomic mass is 16.7. The van der Waals surface area contributed by atoms with Crippen LogP contribution in [0.25, 0.3) is 11.0 Å². The van der Waals surface area contributed by atoms with E-state index in [9.17, 15) is 39.9 Å². The smallest absolute Gasteiger partial charge is 0.343 e. The van der Waals surface area contributed by atoms with E-state index in [0.29, 0.717) is 5.56 Å². The second-order valence-corrected chi connectivity index (χ2v) is 8.53. The molecule has 1 fully saturated rings. The van der Waals surface area contributed by atoms with Crippen molar-refractivity contribution in [3.63, 3.8) is 0 Å². The summed E-state index contributed by atoms with van der Waals surface area (Å²) >= 11 is 0. The summed E-state index contributed by atoms with van der Waals surface area (Å²) < 4.78 is 16.0. The highest BCUT2D eigenvalue weighted by Gasteiger charge is 2.48. The Kier molecular flexibility index (Phi) is 7.09. The number of carboxylic acid groups (broad SMARTS) is 1. The summed E-state index contributed by atoms with van der Waals surface area (Å²) in [7, 11) is 0. The summed E-state index contributed by atoms with van der Waals surface area (Å²) in [5, 5.41) is 50.2. The van der Waals surface area contributed by atoms with Gasteiger partial charge in [0.25, 0.3) is 0 Å². The number of carbonyl (C=O) groups excluding carboxylic acids is 1. The number of carboxylic acids is 1. The summed E-state index contributed by atoms with van der Waals surface area (Å²) in [6.07, 6.45) is -9.08. The number of aliphatic hydroxyl groups excluding tert-OH is 3. The number of fused-ring (bicyclic) bond motifs is 1. The lowest BCUT2D eigenvalue weighted by Gasteiger charge is -2.38. The van der Waals surface area contributed by atoms with Gasteiger partial charge in [-0.3, -0.25) is 4.79 Å². The molecule has 1 aromatic heterocycles. The largest absolute Gasteiger partial charge is 0.507 e. The van der Waals surface area contributed by atoms with Crippen LogP contribution in [0.15, 0.2) is 57.7 Å². The van der Waals surface area contributed by atoms with Crippen molar-refractivity contribution in [1.29, 1.82) is 0 Å². The van der Waals surface area contributed by atoms with Crippen molar-refractivity contribution >= 4 is 22.7 Å². The third kappa shape index (κ3) is 4.82. The van der Waals surface area contributed by atoms with Gasteiger partial charge in [-0.1, -0.05) is 30.3 Å². The molecule has 0 bridgehead atoms. The Morgan fingerprint density at radius 3 is 2.36 bits per heavy atom. The normalized spacial score (nSPS) is 24.8. The molecule has 1 aliphatic rings. The van der Waals surface area contributed by atoms with Gasteiger partial charge in [0.2, 0.25) is 6.29 Å². The molecule has 0 amide bonds. The molecule has 0 radical (unpaired) electrons. The fourth-order valence-corrected chi connectivity index (χ4v) is 4.20. The number of aliphatic hydroxyl groups is 3. The zero-order valence-electron chi connectivity index (χ0n) is 19.0. The Bertz CT molecular complexity index is 1330. The first-order valence-corrected chi connectivity index (χ1v) is 11.0. The molecule has 36 heavy (non-hydrogen) atoms. The van der Waals surface area contributed by atoms with Crippen LogP contribution in [0.3, 0.4) is 0 Å². The van der Waals surface area contributed by atoms with E-state index in [1.807, 2.05) is 0 Å². The number of ketones is 1. The minimum absolute atomic E-state index is 0.0368. The molecule has 5 N–H and O–H groups in total. The second kappa shape index (κ2) is 10.1. The van der Waals surface area contributed by atoms with Gasteiger partial charge in [-0.25, -0.2) is 9.59 Å². The van der Waals surface area contributed by atoms with Crippen LogP contribution in [0, 0.1) is 0 Å². The van der Waals surface area contributed by atoms with E-state index in [2.05, 4.69) is 0 Å². The zero-order chi connectivity index (χ0) is 26.1. The van der Waals surface area contributed by atoms with E-state index in [-0.39, 0.29) is 40.2 Å². The van der Waals surface area contributed by atoms with Gasteiger partial charge in [-0.15, -0.1) is 0 Å². The number of hydrogen-bond acceptors (Lipinski definition) is 10. The first-order chi connectivity index (χ1) is 17.1. The van der Waals surface area contributed by atoms with E-state index < -0.39 is 48.2 Å². The summed E-state index contributed by atoms with van der Waals surface area (Å²) in [4.78, 5) is 36.1. The summed E-state index contributed by atoms with van der Waals surface area (Å²) in [6.45, 7) is 1.38. The van der Waals surface area contributed by atoms with Gasteiger partial charge in [-0.05, 0) is 24.6 Å². The van der Waals surface area contributed by atoms with Crippen LogP contribution in [-0.2, 0) is 14.3 Å². The third-order valence-electron chi connectivity index (χ3n) is 5.99. The van der Waals surface area contributed by atoms with E-state index in [4.69, 9.17) is 13.9 Å². The van der Waals surface area contributed by atoms with E-state index in [1.54, 1.807) is 30.3 Å². The van der Waals surface area contributed by atoms with Crippen LogP contribution >= 0.6 is 0 Å². The summed E-state index contributed by atoms with van der Waals surface area (Å²) in [5.41, 5.74) is -0.392. The molecular weight excluding hydrogens is 476 g/mol. The van der Waals surface area contributed by atoms with Gasteiger partial charge in [0.15, 0.2) is 6.10 Å². The average Bonchev–Trinajstić information content (AvgIpc) is 2.83. The van der Waals surface area contributed by atoms with Crippen LogP contribution in [0.1, 0.15) is 30.4 Å². The molecule has 2 aromatic carbocycles. The number of aliphatic carboxylic acids is 1. The molecule has 4 unspecified atom stereocenters. The van der Waals surface area contributed by atoms with E-state index >= 15 is 0 Å². The van der Waals surface area contributed by atoms with Crippen molar-refractivity contribution < 1.29 is 49.0 Å². The molecule has 0 saturated carbocycles. The van der Waals surface area contributed by atoms with Gasteiger partial charge in [0, 0.05) is 18.4 Å². The average molecular weight is 500 g/mol. The van der Waals surface area contributed by atoms with Crippen molar-refractivity contribution in [3.8, 4) is 11.5 Å². The van der Waals surface area contributed by atoms with Crippen LogP contribution in [-0.4, -0.2) is 68.0 Å². The topological polar surface area (TPSA) is 184 Å². The molecule has 190 valence electrons. The van der Waals surface area contributed by atoms with Crippen LogP contribution in [0.4, 0.5) is 0 Å². The van der Waals surface area contributed by atoms with Gasteiger partial charge >= 0.3 is 11.6 Å². The maximum absolute atomic E-state index is 12.9. The van der Waals surface area contributed by atoms with Crippen LogP contribution < -0.4 is 10.4 Å². The van der Waals surface area contributed by atoms with Crippen LogP contribution in [0.2, 0.25) is 0 Å². The van der Waals surface area contributed by atoms with Crippen molar-refractivity contribution in [1.82, 2.24) is 0 Å². The number of carbonyl (C=O) groups is 2. The maximum atomic E-state index is 12.9. The molecule has 3 aromatic rings. The van der Waals surface area contributed by atoms with Crippen molar-refractivity contribution in [2.24, 2.45) is 0 Å². The predicted octanol–water partition coefficient (Wildman–Crippen LogP) is 0.881. The second-order valence-electron chi connectivity index (χ2n) is 8.53. The Balaban J connectivity index is 1.70. The number of Topliss-reactive ketones (excluding diaryl/α,β-unsaturated/α-hetero) is 1. The fraction of sp³-hybridized carbons (Fsp3) is 0.320. The van der Waals surface area contributed by atoms with Gasteiger partial charge in [-0.2, -0.15) is 0 Å². The lowest BCUT2D eigenvalue weighted by molar-refractivity contribution is -0.271. The van der Waals surface area contributed by atoms with Gasteiger partial charge in [0.05, 0.1) is 10.9 Å². The maximum Gasteiger partial charge on any atom is 0.343 e. The minimum atomic E-state index is -1.88. The molecule has 0 spiro atoms. The summed E-state index contributed by atoms with van der Waals surface area (Å²) in [5.74, 6) is -2.92. The standard InChI is InChI=1S/C25H24O11/c1-11(26)9-15(12-5-3-2-4-6-12)17-18(27)14-8-7-13(10-16(14)35-24(17)33)34-25-21(30)19(28)20(29)22(36-25)23(31)32/h2-8,10,15,19-22,25,27-30H,9H2,1H3,(H,31,32)/t15?,19?,20-,21?,22?,25+/m0/s1. The first kappa shape index (κ1) is 25.3. The SMILES string of the molecule is CC(=O)CC(c1ccccc1)c1c(O)c2ccc(O[C@@H]3OC(C(=O)O)[C@@H](O)C(O)C3O)cc2oc1=O. The molecule has 6 atom stereocenters. The highest BCUT2D eigenvalue weighted by molar-refractivity contribution is 5.86. The molecule has 11 heteroatoms. The number of ether oxygens (including phenoxy) is 2. The molecule has 11 nitrogen and oxygen atoms in total. The lowest BCUT2D eigenvalue weighted by Crippen LogP contribution is -2.61. The quantitative estimate of drug-likeness (QED) is 0.290. The predicted molar refractivity (Wildman–Crippen MR) is 123 cm³/mol. The molecule has 2 heterocycles. The lowest BCUT2D eigenvalue weighted by atomic mass is 9.87. The molecule has 0 aliphatic carbocycles. The molecular formula is C25H24O11. The Morgan fingerprint density at radius 2 is 1.72 bits per heavy atom. The molecule has 1 aliphatic heterocycles. The van der Waals surface area contributed by atoms with Crippen molar-refractivity contribution in [3.05, 3.63) is 70.1 Å².